The maximum Gasteiger partial charge on any atom is 0.124 e. The largest absolute Gasteiger partial charge is 0.384 e. The Hall–Kier alpha value is -1.42. The second kappa shape index (κ2) is 7.82. The Kier molecular flexibility index (Phi) is 6.36. The summed E-state index contributed by atoms with van der Waals surface area (Å²) in [5.74, 6) is -0.508. The van der Waals surface area contributed by atoms with E-state index in [0.29, 0.717) is 18.8 Å². The van der Waals surface area contributed by atoms with Crippen LogP contribution in [0.4, 0.5) is 4.39 Å². The molecule has 0 spiro atoms. The Labute approximate surface area is 108 Å². The molecule has 0 heterocycles. The van der Waals surface area contributed by atoms with Crippen LogP contribution in [0.15, 0.2) is 18.2 Å². The molecule has 0 amide bonds. The van der Waals surface area contributed by atoms with Crippen LogP contribution in [0.25, 0.3) is 0 Å². The van der Waals surface area contributed by atoms with Gasteiger partial charge in [-0.3, -0.25) is 5.41 Å². The number of rotatable bonds is 8. The Morgan fingerprint density at radius 2 is 2.06 bits per heavy atom. The lowest BCUT2D eigenvalue weighted by molar-refractivity contribution is 0.116. The van der Waals surface area contributed by atoms with Crippen molar-refractivity contribution in [2.24, 2.45) is 5.73 Å². The van der Waals surface area contributed by atoms with Gasteiger partial charge in [0.15, 0.2) is 0 Å². The first kappa shape index (κ1) is 14.6. The molecule has 0 unspecified atom stereocenters. The standard InChI is InChI=1S/C14H21FN2O/c1-2-3-4-5-6-18-10-11-7-12(14(16)17)9-13(15)8-11/h7-9H,2-6,10H2,1H3,(H3,16,17). The van der Waals surface area contributed by atoms with Crippen molar-refractivity contribution in [3.8, 4) is 0 Å². The molecule has 0 radical (unpaired) electrons. The number of unbranched alkanes of at least 4 members (excludes halogenated alkanes) is 3. The molecule has 0 aliphatic rings. The zero-order chi connectivity index (χ0) is 13.4. The van der Waals surface area contributed by atoms with Gasteiger partial charge < -0.3 is 10.5 Å². The quantitative estimate of drug-likeness (QED) is 0.424. The molecule has 0 atom stereocenters. The first-order chi connectivity index (χ1) is 8.63. The van der Waals surface area contributed by atoms with E-state index in [0.717, 1.165) is 12.0 Å². The average molecular weight is 252 g/mol. The summed E-state index contributed by atoms with van der Waals surface area (Å²) in [5, 5.41) is 7.29. The molecule has 3 nitrogen and oxygen atoms in total. The van der Waals surface area contributed by atoms with E-state index < -0.39 is 0 Å². The van der Waals surface area contributed by atoms with Crippen molar-refractivity contribution in [3.63, 3.8) is 0 Å². The lowest BCUT2D eigenvalue weighted by Gasteiger charge is -2.06. The molecule has 0 saturated carbocycles. The third-order valence-electron chi connectivity index (χ3n) is 2.68. The fraction of sp³-hybridized carbons (Fsp3) is 0.500. The summed E-state index contributed by atoms with van der Waals surface area (Å²) in [7, 11) is 0. The lowest BCUT2D eigenvalue weighted by atomic mass is 10.1. The van der Waals surface area contributed by atoms with Crippen LogP contribution in [0.2, 0.25) is 0 Å². The van der Waals surface area contributed by atoms with Crippen LogP contribution in [-0.4, -0.2) is 12.4 Å². The van der Waals surface area contributed by atoms with Gasteiger partial charge >= 0.3 is 0 Å². The van der Waals surface area contributed by atoms with Gasteiger partial charge in [-0.25, -0.2) is 4.39 Å². The molecule has 0 aliphatic carbocycles. The highest BCUT2D eigenvalue weighted by molar-refractivity contribution is 5.95. The van der Waals surface area contributed by atoms with E-state index in [4.69, 9.17) is 15.9 Å². The van der Waals surface area contributed by atoms with E-state index in [1.54, 1.807) is 6.07 Å². The van der Waals surface area contributed by atoms with Gasteiger partial charge in [-0.2, -0.15) is 0 Å². The summed E-state index contributed by atoms with van der Waals surface area (Å²) < 4.78 is 18.7. The molecule has 0 fully saturated rings. The third kappa shape index (κ3) is 5.27. The van der Waals surface area contributed by atoms with E-state index in [2.05, 4.69) is 6.92 Å². The van der Waals surface area contributed by atoms with Gasteiger partial charge in [0.25, 0.3) is 0 Å². The van der Waals surface area contributed by atoms with Crippen LogP contribution < -0.4 is 5.73 Å². The molecule has 0 bridgehead atoms. The third-order valence-corrected chi connectivity index (χ3v) is 2.68. The number of ether oxygens (including phenoxy) is 1. The smallest absolute Gasteiger partial charge is 0.124 e. The van der Waals surface area contributed by atoms with E-state index in [-0.39, 0.29) is 11.7 Å². The number of benzene rings is 1. The van der Waals surface area contributed by atoms with E-state index in [1.165, 1.54) is 31.4 Å². The molecule has 0 aromatic heterocycles. The summed E-state index contributed by atoms with van der Waals surface area (Å²) in [4.78, 5) is 0. The summed E-state index contributed by atoms with van der Waals surface area (Å²) in [5.41, 5.74) is 6.46. The molecule has 3 N–H and O–H groups in total. The zero-order valence-electron chi connectivity index (χ0n) is 10.8. The molecular weight excluding hydrogens is 231 g/mol. The Morgan fingerprint density at radius 3 is 2.72 bits per heavy atom. The highest BCUT2D eigenvalue weighted by Gasteiger charge is 2.03. The van der Waals surface area contributed by atoms with Gasteiger partial charge in [0.05, 0.1) is 6.61 Å². The van der Waals surface area contributed by atoms with E-state index in [1.807, 2.05) is 0 Å². The summed E-state index contributed by atoms with van der Waals surface area (Å²) in [6.07, 6.45) is 4.62. The minimum atomic E-state index is -0.382. The van der Waals surface area contributed by atoms with Crippen LogP contribution in [-0.2, 0) is 11.3 Å². The summed E-state index contributed by atoms with van der Waals surface area (Å²) >= 11 is 0. The van der Waals surface area contributed by atoms with Crippen molar-refractivity contribution in [3.05, 3.63) is 35.1 Å². The zero-order valence-corrected chi connectivity index (χ0v) is 10.8. The van der Waals surface area contributed by atoms with E-state index >= 15 is 0 Å². The molecule has 18 heavy (non-hydrogen) atoms. The molecule has 1 aromatic rings. The van der Waals surface area contributed by atoms with Crippen LogP contribution in [0.3, 0.4) is 0 Å². The molecule has 0 aliphatic heterocycles. The first-order valence-electron chi connectivity index (χ1n) is 6.35. The predicted octanol–water partition coefficient (Wildman–Crippen LogP) is 3.21. The number of amidine groups is 1. The number of nitrogens with two attached hydrogens (primary N) is 1. The van der Waals surface area contributed by atoms with E-state index in [9.17, 15) is 4.39 Å². The lowest BCUT2D eigenvalue weighted by Crippen LogP contribution is -2.12. The topological polar surface area (TPSA) is 59.1 Å². The van der Waals surface area contributed by atoms with Crippen molar-refractivity contribution in [2.75, 3.05) is 6.61 Å². The number of halogens is 1. The fourth-order valence-corrected chi connectivity index (χ4v) is 1.71. The monoisotopic (exact) mass is 252 g/mol. The Balaban J connectivity index is 2.40. The molecule has 1 rings (SSSR count). The second-order valence-corrected chi connectivity index (χ2v) is 4.38. The van der Waals surface area contributed by atoms with Crippen molar-refractivity contribution < 1.29 is 9.13 Å². The van der Waals surface area contributed by atoms with Gasteiger partial charge in [-0.15, -0.1) is 0 Å². The molecular formula is C14H21FN2O. The van der Waals surface area contributed by atoms with Crippen LogP contribution >= 0.6 is 0 Å². The number of nitrogen functional groups attached to an aromatic ring is 1. The number of nitrogens with one attached hydrogen (secondary N) is 1. The van der Waals surface area contributed by atoms with Crippen LogP contribution in [0.5, 0.6) is 0 Å². The van der Waals surface area contributed by atoms with Crippen LogP contribution in [0.1, 0.15) is 43.7 Å². The van der Waals surface area contributed by atoms with Crippen molar-refractivity contribution >= 4 is 5.84 Å². The number of hydrogen-bond acceptors (Lipinski definition) is 2. The molecule has 100 valence electrons. The summed E-state index contributed by atoms with van der Waals surface area (Å²) in [6.45, 7) is 3.22. The minimum Gasteiger partial charge on any atom is -0.384 e. The predicted molar refractivity (Wildman–Crippen MR) is 71.2 cm³/mol. The molecule has 1 aromatic carbocycles. The van der Waals surface area contributed by atoms with Gasteiger partial charge in [-0.05, 0) is 30.2 Å². The van der Waals surface area contributed by atoms with Gasteiger partial charge in [0, 0.05) is 12.2 Å². The SMILES string of the molecule is CCCCCCOCc1cc(F)cc(C(=N)N)c1. The summed E-state index contributed by atoms with van der Waals surface area (Å²) in [6, 6.07) is 4.36. The van der Waals surface area contributed by atoms with Crippen LogP contribution in [0, 0.1) is 11.2 Å². The highest BCUT2D eigenvalue weighted by Crippen LogP contribution is 2.10. The Bertz CT molecular complexity index is 393. The van der Waals surface area contributed by atoms with Gasteiger partial charge in [-0.1, -0.05) is 26.2 Å². The maximum absolute atomic E-state index is 13.3. The number of hydrogen-bond donors (Lipinski definition) is 2. The average Bonchev–Trinajstić information content (AvgIpc) is 2.33. The second-order valence-electron chi connectivity index (χ2n) is 4.38. The molecule has 0 saturated heterocycles. The van der Waals surface area contributed by atoms with Crippen molar-refractivity contribution in [1.29, 1.82) is 5.41 Å². The fourth-order valence-electron chi connectivity index (χ4n) is 1.71. The first-order valence-corrected chi connectivity index (χ1v) is 6.35. The van der Waals surface area contributed by atoms with Crippen molar-refractivity contribution in [2.45, 2.75) is 39.2 Å². The van der Waals surface area contributed by atoms with Crippen molar-refractivity contribution in [1.82, 2.24) is 0 Å². The van der Waals surface area contributed by atoms with Gasteiger partial charge in [0.1, 0.15) is 11.7 Å². The Morgan fingerprint density at radius 1 is 1.28 bits per heavy atom. The minimum absolute atomic E-state index is 0.126. The molecule has 4 heteroatoms. The van der Waals surface area contributed by atoms with Gasteiger partial charge in [0.2, 0.25) is 0 Å². The highest BCUT2D eigenvalue weighted by atomic mass is 19.1. The maximum atomic E-state index is 13.3. The normalized spacial score (nSPS) is 10.6.